The van der Waals surface area contributed by atoms with Gasteiger partial charge in [0.2, 0.25) is 5.88 Å². The molecule has 0 atom stereocenters. The maximum absolute atomic E-state index is 4.88. The van der Waals surface area contributed by atoms with Crippen molar-refractivity contribution in [3.05, 3.63) is 6.07 Å². The van der Waals surface area contributed by atoms with Gasteiger partial charge in [-0.3, -0.25) is 0 Å². The van der Waals surface area contributed by atoms with Crippen molar-refractivity contribution in [1.29, 1.82) is 0 Å². The van der Waals surface area contributed by atoms with Crippen LogP contribution in [0.25, 0.3) is 0 Å². The SMILES string of the molecule is CNc1c[c]([AlH][CH3])no1. The molecule has 0 radical (unpaired) electrons. The topological polar surface area (TPSA) is 38.1 Å². The van der Waals surface area contributed by atoms with Crippen molar-refractivity contribution < 1.29 is 4.52 Å². The summed E-state index contributed by atoms with van der Waals surface area (Å²) in [6, 6.07) is 1.95. The molecule has 3 nitrogen and oxygen atoms in total. The van der Waals surface area contributed by atoms with Gasteiger partial charge in [-0.25, -0.2) is 0 Å². The molecule has 1 N–H and O–H groups in total. The van der Waals surface area contributed by atoms with Gasteiger partial charge in [0.25, 0.3) is 0 Å². The van der Waals surface area contributed by atoms with Crippen LogP contribution in [0.4, 0.5) is 5.88 Å². The summed E-state index contributed by atoms with van der Waals surface area (Å²) >= 11 is -0.142. The minimum absolute atomic E-state index is 0.142. The average Bonchev–Trinajstić information content (AvgIpc) is 2.34. The maximum Gasteiger partial charge on any atom is 0.316 e. The Bertz CT molecular complexity index is 168. The minimum atomic E-state index is -0.142. The van der Waals surface area contributed by atoms with Crippen LogP contribution in [0.2, 0.25) is 5.79 Å². The van der Waals surface area contributed by atoms with E-state index >= 15 is 0 Å². The third-order valence-corrected chi connectivity index (χ3v) is 2.23. The summed E-state index contributed by atoms with van der Waals surface area (Å²) in [6.07, 6.45) is 0. The van der Waals surface area contributed by atoms with Crippen LogP contribution in [0.1, 0.15) is 0 Å². The highest BCUT2D eigenvalue weighted by Gasteiger charge is 1.98. The molecule has 48 valence electrons. The fourth-order valence-corrected chi connectivity index (χ4v) is 1.18. The number of nitrogens with one attached hydrogen (secondary N) is 1. The second-order valence-corrected chi connectivity index (χ2v) is 3.22. The van der Waals surface area contributed by atoms with Crippen LogP contribution in [-0.4, -0.2) is 27.4 Å². The smallest absolute Gasteiger partial charge is 0.316 e. The van der Waals surface area contributed by atoms with Crippen molar-refractivity contribution in [1.82, 2.24) is 5.16 Å². The van der Waals surface area contributed by atoms with Gasteiger partial charge in [0.1, 0.15) is 0 Å². The molecule has 1 rings (SSSR count). The van der Waals surface area contributed by atoms with Crippen molar-refractivity contribution >= 4 is 25.7 Å². The lowest BCUT2D eigenvalue weighted by Crippen LogP contribution is -2.09. The fraction of sp³-hybridized carbons (Fsp3) is 0.400. The van der Waals surface area contributed by atoms with Crippen molar-refractivity contribution in [2.24, 2.45) is 0 Å². The van der Waals surface area contributed by atoms with E-state index < -0.39 is 0 Å². The van der Waals surface area contributed by atoms with E-state index in [0.29, 0.717) is 0 Å². The van der Waals surface area contributed by atoms with E-state index in [1.165, 1.54) is 0 Å². The predicted molar refractivity (Wildman–Crippen MR) is 38.7 cm³/mol. The Morgan fingerprint density at radius 1 is 1.78 bits per heavy atom. The molecule has 0 aliphatic heterocycles. The molecule has 4 heteroatoms. The van der Waals surface area contributed by atoms with Crippen LogP contribution in [0.3, 0.4) is 0 Å². The van der Waals surface area contributed by atoms with Crippen LogP contribution >= 0.6 is 0 Å². The van der Waals surface area contributed by atoms with Gasteiger partial charge in [0.15, 0.2) is 0 Å². The maximum atomic E-state index is 4.88. The van der Waals surface area contributed by atoms with Gasteiger partial charge in [-0.05, 0) is 0 Å². The van der Waals surface area contributed by atoms with Gasteiger partial charge in [-0.2, -0.15) is 0 Å². The van der Waals surface area contributed by atoms with Crippen LogP contribution in [0.5, 0.6) is 0 Å². The second kappa shape index (κ2) is 2.90. The van der Waals surface area contributed by atoms with Crippen molar-refractivity contribution in [2.45, 2.75) is 5.79 Å². The standard InChI is InChI=1S/C4H5N2O.CH3.Al.H/c1-5-4-2-3-6-7-4;;;/h2,5H,1H3;1H3;;. The first kappa shape index (κ1) is 6.66. The summed E-state index contributed by atoms with van der Waals surface area (Å²) in [5.41, 5.74) is 0. The Morgan fingerprint density at radius 3 is 2.89 bits per heavy atom. The van der Waals surface area contributed by atoms with Crippen molar-refractivity contribution in [3.63, 3.8) is 0 Å². The summed E-state index contributed by atoms with van der Waals surface area (Å²) in [4.78, 5) is 0. The number of rotatable bonds is 2. The lowest BCUT2D eigenvalue weighted by Gasteiger charge is -1.83. The molecule has 0 aliphatic carbocycles. The van der Waals surface area contributed by atoms with Gasteiger partial charge in [0.05, 0.1) is 0 Å². The summed E-state index contributed by atoms with van der Waals surface area (Å²) in [5, 5.41) is 6.70. The third-order valence-electron chi connectivity index (χ3n) is 1.17. The van der Waals surface area contributed by atoms with Crippen LogP contribution in [-0.2, 0) is 0 Å². The molecule has 0 aromatic carbocycles. The highest BCUT2D eigenvalue weighted by Crippen LogP contribution is 1.98. The van der Waals surface area contributed by atoms with Crippen LogP contribution < -0.4 is 9.87 Å². The number of nitrogens with zero attached hydrogens (tertiary/aromatic N) is 1. The molecule has 1 aromatic heterocycles. The van der Waals surface area contributed by atoms with Crippen molar-refractivity contribution in [2.75, 3.05) is 12.4 Å². The quantitative estimate of drug-likeness (QED) is 0.579. The average molecular weight is 140 g/mol. The fourth-order valence-electron chi connectivity index (χ4n) is 0.596. The molecule has 0 saturated heterocycles. The van der Waals surface area contributed by atoms with Gasteiger partial charge in [-0.1, -0.05) is 0 Å². The van der Waals surface area contributed by atoms with E-state index in [2.05, 4.69) is 16.3 Å². The highest BCUT2D eigenvalue weighted by atomic mass is 27.1. The third kappa shape index (κ3) is 1.47. The lowest BCUT2D eigenvalue weighted by atomic mass is 10.7. The number of aromatic nitrogens is 1. The molecule has 0 unspecified atom stereocenters. The lowest BCUT2D eigenvalue weighted by molar-refractivity contribution is 0.439. The summed E-state index contributed by atoms with van der Waals surface area (Å²) < 4.78 is 6.00. The molecule has 0 fully saturated rings. The Hall–Kier alpha value is -0.458. The highest BCUT2D eigenvalue weighted by molar-refractivity contribution is 6.50. The van der Waals surface area contributed by atoms with Crippen molar-refractivity contribution in [3.8, 4) is 0 Å². The summed E-state index contributed by atoms with van der Waals surface area (Å²) in [6.45, 7) is 0. The molecular formula is C5H9AlN2O. The van der Waals surface area contributed by atoms with Gasteiger partial charge in [-0.15, -0.1) is 10.9 Å². The van der Waals surface area contributed by atoms with Gasteiger partial charge >= 0.3 is 15.2 Å². The predicted octanol–water partition coefficient (Wildman–Crippen LogP) is -0.174. The zero-order valence-electron chi connectivity index (χ0n) is 5.64. The molecule has 0 aliphatic rings. The van der Waals surface area contributed by atoms with E-state index in [1.54, 1.807) is 0 Å². The Labute approximate surface area is 60.1 Å². The summed E-state index contributed by atoms with van der Waals surface area (Å²) in [5.74, 6) is 2.94. The Morgan fingerprint density at radius 2 is 2.56 bits per heavy atom. The van der Waals surface area contributed by atoms with Crippen LogP contribution in [0.15, 0.2) is 10.6 Å². The number of hydrogen-bond donors (Lipinski definition) is 1. The monoisotopic (exact) mass is 140 g/mol. The first-order chi connectivity index (χ1) is 4.36. The molecule has 0 spiro atoms. The molecule has 0 bridgehead atoms. The van der Waals surface area contributed by atoms with E-state index in [1.807, 2.05) is 13.1 Å². The molecule has 0 amide bonds. The minimum Gasteiger partial charge on any atom is -0.357 e. The van der Waals surface area contributed by atoms with Crippen LogP contribution in [0, 0.1) is 0 Å². The van der Waals surface area contributed by atoms with E-state index in [0.717, 1.165) is 10.4 Å². The van der Waals surface area contributed by atoms with Gasteiger partial charge < -0.3 is 9.84 Å². The molecule has 1 aromatic rings. The first-order valence-corrected chi connectivity index (χ1v) is 5.12. The second-order valence-electron chi connectivity index (χ2n) is 1.79. The molecule has 9 heavy (non-hydrogen) atoms. The molecular weight excluding hydrogens is 131 g/mol. The van der Waals surface area contributed by atoms with E-state index in [9.17, 15) is 0 Å². The molecule has 0 saturated carbocycles. The molecule has 1 heterocycles. The Kier molecular flexibility index (Phi) is 2.15. The zero-order valence-corrected chi connectivity index (χ0v) is 7.05. The van der Waals surface area contributed by atoms with E-state index in [4.69, 9.17) is 4.52 Å². The normalized spacial score (nSPS) is 9.11. The Balaban J connectivity index is 2.74. The largest absolute Gasteiger partial charge is 0.357 e. The number of anilines is 1. The zero-order chi connectivity index (χ0) is 6.69. The van der Waals surface area contributed by atoms with E-state index in [-0.39, 0.29) is 15.2 Å². The number of hydrogen-bond acceptors (Lipinski definition) is 3. The van der Waals surface area contributed by atoms with Gasteiger partial charge in [0, 0.05) is 17.7 Å². The first-order valence-electron chi connectivity index (χ1n) is 3.00. The summed E-state index contributed by atoms with van der Waals surface area (Å²) in [7, 11) is 1.82.